The number of unbranched alkanes of at least 4 members (excludes halogenated alkanes) is 3. The molecule has 18 heavy (non-hydrogen) atoms. The van der Waals surface area contributed by atoms with Gasteiger partial charge in [-0.25, -0.2) is 0 Å². The molecular formula is C14H27ClN2O. The van der Waals surface area contributed by atoms with Gasteiger partial charge in [-0.15, -0.1) is 11.6 Å². The molecule has 0 unspecified atom stereocenters. The molecule has 1 rings (SSSR count). The van der Waals surface area contributed by atoms with Gasteiger partial charge in [0.05, 0.1) is 0 Å². The number of piperidine rings is 1. The molecule has 0 aliphatic carbocycles. The Hall–Kier alpha value is -0.280. The van der Waals surface area contributed by atoms with Gasteiger partial charge in [-0.2, -0.15) is 0 Å². The molecule has 0 saturated carbocycles. The third-order valence-corrected chi connectivity index (χ3v) is 3.68. The summed E-state index contributed by atoms with van der Waals surface area (Å²) in [7, 11) is 0. The summed E-state index contributed by atoms with van der Waals surface area (Å²) >= 11 is 5.49. The van der Waals surface area contributed by atoms with Crippen molar-refractivity contribution in [2.75, 3.05) is 32.1 Å². The fraction of sp³-hybridized carbons (Fsp3) is 0.929. The molecule has 0 spiro atoms. The third-order valence-electron chi connectivity index (χ3n) is 3.49. The van der Waals surface area contributed by atoms with E-state index in [-0.39, 0.29) is 5.91 Å². The van der Waals surface area contributed by atoms with E-state index < -0.39 is 0 Å². The van der Waals surface area contributed by atoms with Gasteiger partial charge in [-0.1, -0.05) is 19.3 Å². The number of hydrogen-bond acceptors (Lipinski definition) is 2. The van der Waals surface area contributed by atoms with E-state index in [1.807, 2.05) is 0 Å². The standard InChI is InChI=1S/C14H27ClN2O/c15-9-8-14(18)16-10-4-1-2-5-11-17-12-6-3-7-13-17/h1-13H2,(H,16,18). The number of likely N-dealkylation sites (tertiary alicyclic amines) is 1. The quantitative estimate of drug-likeness (QED) is 0.518. The highest BCUT2D eigenvalue weighted by Crippen LogP contribution is 2.10. The minimum absolute atomic E-state index is 0.0818. The Morgan fingerprint density at radius 2 is 1.78 bits per heavy atom. The van der Waals surface area contributed by atoms with Crippen molar-refractivity contribution in [1.29, 1.82) is 0 Å². The van der Waals surface area contributed by atoms with Gasteiger partial charge in [0.1, 0.15) is 0 Å². The van der Waals surface area contributed by atoms with E-state index in [4.69, 9.17) is 11.6 Å². The molecule has 3 nitrogen and oxygen atoms in total. The van der Waals surface area contributed by atoms with E-state index in [0.29, 0.717) is 12.3 Å². The highest BCUT2D eigenvalue weighted by molar-refractivity contribution is 6.18. The molecule has 0 atom stereocenters. The fourth-order valence-electron chi connectivity index (χ4n) is 2.40. The summed E-state index contributed by atoms with van der Waals surface area (Å²) in [6.07, 6.45) is 9.51. The Labute approximate surface area is 116 Å². The first-order chi connectivity index (χ1) is 8.83. The highest BCUT2D eigenvalue weighted by atomic mass is 35.5. The van der Waals surface area contributed by atoms with Gasteiger partial charge in [0.2, 0.25) is 5.91 Å². The molecule has 1 N–H and O–H groups in total. The number of alkyl halides is 1. The van der Waals surface area contributed by atoms with E-state index in [1.54, 1.807) is 0 Å². The normalized spacial score (nSPS) is 16.7. The van der Waals surface area contributed by atoms with Crippen LogP contribution in [-0.4, -0.2) is 42.9 Å². The van der Waals surface area contributed by atoms with E-state index in [2.05, 4.69) is 10.2 Å². The average Bonchev–Trinajstić information content (AvgIpc) is 2.39. The third kappa shape index (κ3) is 7.93. The van der Waals surface area contributed by atoms with Crippen LogP contribution in [0.2, 0.25) is 0 Å². The maximum Gasteiger partial charge on any atom is 0.221 e. The number of hydrogen-bond donors (Lipinski definition) is 1. The van der Waals surface area contributed by atoms with Crippen LogP contribution in [-0.2, 0) is 4.79 Å². The van der Waals surface area contributed by atoms with Crippen LogP contribution in [0.25, 0.3) is 0 Å². The highest BCUT2D eigenvalue weighted by Gasteiger charge is 2.08. The Morgan fingerprint density at radius 3 is 2.50 bits per heavy atom. The maximum atomic E-state index is 11.1. The van der Waals surface area contributed by atoms with Gasteiger partial charge >= 0.3 is 0 Å². The van der Waals surface area contributed by atoms with Crippen LogP contribution in [0.1, 0.15) is 51.4 Å². The summed E-state index contributed by atoms with van der Waals surface area (Å²) in [6, 6.07) is 0. The topological polar surface area (TPSA) is 32.3 Å². The Bertz CT molecular complexity index is 218. The average molecular weight is 275 g/mol. The summed E-state index contributed by atoms with van der Waals surface area (Å²) in [5, 5.41) is 2.89. The van der Waals surface area contributed by atoms with Crippen molar-refractivity contribution in [2.45, 2.75) is 51.4 Å². The predicted octanol–water partition coefficient (Wildman–Crippen LogP) is 2.78. The van der Waals surface area contributed by atoms with Gasteiger partial charge in [0.25, 0.3) is 0 Å². The van der Waals surface area contributed by atoms with Gasteiger partial charge in [-0.05, 0) is 45.3 Å². The predicted molar refractivity (Wildman–Crippen MR) is 77.1 cm³/mol. The Kier molecular flexibility index (Phi) is 9.31. The van der Waals surface area contributed by atoms with Crippen molar-refractivity contribution < 1.29 is 4.79 Å². The fourth-order valence-corrected chi connectivity index (χ4v) is 2.57. The van der Waals surface area contributed by atoms with E-state index >= 15 is 0 Å². The van der Waals surface area contributed by atoms with E-state index in [9.17, 15) is 4.79 Å². The SMILES string of the molecule is O=C(CCCl)NCCCCCCN1CCCCC1. The van der Waals surface area contributed by atoms with Gasteiger partial charge in [0.15, 0.2) is 0 Å². The summed E-state index contributed by atoms with van der Waals surface area (Å²) < 4.78 is 0. The summed E-state index contributed by atoms with van der Waals surface area (Å²) in [5.74, 6) is 0.500. The lowest BCUT2D eigenvalue weighted by Crippen LogP contribution is -2.30. The van der Waals surface area contributed by atoms with Crippen LogP contribution in [0.3, 0.4) is 0 Å². The molecule has 1 heterocycles. The first-order valence-electron chi connectivity index (χ1n) is 7.38. The van der Waals surface area contributed by atoms with Crippen LogP contribution >= 0.6 is 11.6 Å². The molecule has 1 saturated heterocycles. The second kappa shape index (κ2) is 10.6. The Morgan fingerprint density at radius 1 is 1.06 bits per heavy atom. The van der Waals surface area contributed by atoms with Crippen molar-refractivity contribution >= 4 is 17.5 Å². The zero-order valence-electron chi connectivity index (χ0n) is 11.4. The first kappa shape index (κ1) is 15.8. The molecule has 106 valence electrons. The zero-order chi connectivity index (χ0) is 13.1. The summed E-state index contributed by atoms with van der Waals surface area (Å²) in [5.41, 5.74) is 0. The van der Waals surface area contributed by atoms with Crippen LogP contribution in [0.4, 0.5) is 0 Å². The second-order valence-corrected chi connectivity index (χ2v) is 5.48. The van der Waals surface area contributed by atoms with Crippen LogP contribution < -0.4 is 5.32 Å². The second-order valence-electron chi connectivity index (χ2n) is 5.11. The monoisotopic (exact) mass is 274 g/mol. The number of nitrogens with one attached hydrogen (secondary N) is 1. The lowest BCUT2D eigenvalue weighted by molar-refractivity contribution is -0.120. The lowest BCUT2D eigenvalue weighted by atomic mass is 10.1. The molecule has 0 radical (unpaired) electrons. The molecule has 1 amide bonds. The molecule has 4 heteroatoms. The van der Waals surface area contributed by atoms with Gasteiger partial charge in [-0.3, -0.25) is 4.79 Å². The van der Waals surface area contributed by atoms with Crippen molar-refractivity contribution in [3.63, 3.8) is 0 Å². The first-order valence-corrected chi connectivity index (χ1v) is 7.91. The number of carbonyl (C=O) groups excluding carboxylic acids is 1. The van der Waals surface area contributed by atoms with Gasteiger partial charge in [0, 0.05) is 18.8 Å². The molecule has 0 bridgehead atoms. The number of nitrogens with zero attached hydrogens (tertiary/aromatic N) is 1. The number of amides is 1. The molecule has 1 fully saturated rings. The summed E-state index contributed by atoms with van der Waals surface area (Å²) in [4.78, 5) is 13.7. The number of rotatable bonds is 9. The van der Waals surface area contributed by atoms with Gasteiger partial charge < -0.3 is 10.2 Å². The van der Waals surface area contributed by atoms with Crippen molar-refractivity contribution in [2.24, 2.45) is 0 Å². The number of halogens is 1. The molecule has 0 aromatic carbocycles. The van der Waals surface area contributed by atoms with Crippen LogP contribution in [0.15, 0.2) is 0 Å². The molecule has 0 aromatic heterocycles. The van der Waals surface area contributed by atoms with E-state index in [0.717, 1.165) is 13.0 Å². The van der Waals surface area contributed by atoms with E-state index in [1.165, 1.54) is 58.2 Å². The van der Waals surface area contributed by atoms with Crippen LogP contribution in [0, 0.1) is 0 Å². The maximum absolute atomic E-state index is 11.1. The van der Waals surface area contributed by atoms with Crippen molar-refractivity contribution in [1.82, 2.24) is 10.2 Å². The molecule has 0 aromatic rings. The molecule has 1 aliphatic rings. The van der Waals surface area contributed by atoms with Crippen molar-refractivity contribution in [3.05, 3.63) is 0 Å². The minimum Gasteiger partial charge on any atom is -0.356 e. The molecular weight excluding hydrogens is 248 g/mol. The smallest absolute Gasteiger partial charge is 0.221 e. The lowest BCUT2D eigenvalue weighted by Gasteiger charge is -2.26. The molecule has 1 aliphatic heterocycles. The van der Waals surface area contributed by atoms with Crippen molar-refractivity contribution in [3.8, 4) is 0 Å². The van der Waals surface area contributed by atoms with Crippen LogP contribution in [0.5, 0.6) is 0 Å². The largest absolute Gasteiger partial charge is 0.356 e. The number of carbonyl (C=O) groups is 1. The Balaban J connectivity index is 1.82. The zero-order valence-corrected chi connectivity index (χ0v) is 12.2. The minimum atomic E-state index is 0.0818. The summed E-state index contributed by atoms with van der Waals surface area (Å²) in [6.45, 7) is 4.67.